The Morgan fingerprint density at radius 2 is 2.09 bits per heavy atom. The van der Waals surface area contributed by atoms with Crippen LogP contribution in [0.5, 0.6) is 0 Å². The molecule has 0 heterocycles. The van der Waals surface area contributed by atoms with Gasteiger partial charge in [0.2, 0.25) is 5.97 Å². The fourth-order valence-electron chi connectivity index (χ4n) is 0.425. The van der Waals surface area contributed by atoms with E-state index in [4.69, 9.17) is 0 Å². The van der Waals surface area contributed by atoms with Gasteiger partial charge in [-0.1, -0.05) is 0 Å². The van der Waals surface area contributed by atoms with Gasteiger partial charge in [-0.05, 0) is 6.92 Å². The number of allylic oxidation sites excluding steroid dienone is 1. The van der Waals surface area contributed by atoms with Crippen LogP contribution >= 0.6 is 0 Å². The van der Waals surface area contributed by atoms with Crippen LogP contribution in [-0.2, 0) is 9.53 Å². The van der Waals surface area contributed by atoms with Gasteiger partial charge in [0.1, 0.15) is 0 Å². The smallest absolute Gasteiger partial charge is 0.476 e. The minimum absolute atomic E-state index is 0. The molecule has 3 heteroatoms. The van der Waals surface area contributed by atoms with Gasteiger partial charge >= 0.3 is 18.9 Å². The van der Waals surface area contributed by atoms with Crippen molar-refractivity contribution in [1.82, 2.24) is 0 Å². The fourth-order valence-corrected chi connectivity index (χ4v) is 0.425. The number of hydrogen-bond acceptors (Lipinski definition) is 2. The third kappa shape index (κ3) is 9.68. The van der Waals surface area contributed by atoms with E-state index < -0.39 is 0 Å². The minimum Gasteiger partial charge on any atom is -0.476 e. The summed E-state index contributed by atoms with van der Waals surface area (Å²) in [5, 5.41) is 0. The first-order chi connectivity index (χ1) is 4.66. The zero-order valence-electron chi connectivity index (χ0n) is 7.68. The van der Waals surface area contributed by atoms with Crippen LogP contribution in [0.4, 0.5) is 0 Å². The zero-order valence-corrected chi connectivity index (χ0v) is 7.68. The van der Waals surface area contributed by atoms with Crippen molar-refractivity contribution in [2.75, 3.05) is 6.61 Å². The topological polar surface area (TPSA) is 26.3 Å². The first kappa shape index (κ1) is 13.3. The molecule has 0 radical (unpaired) electrons. The number of hydrogen-bond donors (Lipinski definition) is 0. The number of carbonyl (C=O) groups excluding carboxylic acids is 1. The molecule has 0 unspecified atom stereocenters. The van der Waals surface area contributed by atoms with E-state index >= 15 is 0 Å². The van der Waals surface area contributed by atoms with Crippen molar-refractivity contribution in [3.8, 4) is 0 Å². The standard InChI is InChI=1S/C8H13O2.Li/c1-4-10-8(9)6-5-7(2)3;/h5-6H,4H2,1-3H3;/q-1;+1. The van der Waals surface area contributed by atoms with Crippen LogP contribution in [0.1, 0.15) is 20.8 Å². The first-order valence-corrected chi connectivity index (χ1v) is 3.31. The summed E-state index contributed by atoms with van der Waals surface area (Å²) in [7, 11) is 0. The maximum absolute atomic E-state index is 10.6. The van der Waals surface area contributed by atoms with Crippen molar-refractivity contribution in [1.29, 1.82) is 0 Å². The van der Waals surface area contributed by atoms with E-state index in [1.54, 1.807) is 13.0 Å². The fraction of sp³-hybridized carbons (Fsp3) is 0.500. The van der Waals surface area contributed by atoms with Gasteiger partial charge in [-0.25, -0.2) is 11.6 Å². The summed E-state index contributed by atoms with van der Waals surface area (Å²) in [5.74, 6) is -0.274. The molecular formula is C8H13LiO2. The maximum Gasteiger partial charge on any atom is 1.00 e. The Bertz CT molecular complexity index is 137. The average Bonchev–Trinajstić information content (AvgIpc) is 1.85. The molecule has 0 N–H and O–H groups in total. The predicted molar refractivity (Wildman–Crippen MR) is 40.4 cm³/mol. The van der Waals surface area contributed by atoms with E-state index in [1.165, 1.54) is 6.42 Å². The molecule has 0 aliphatic rings. The van der Waals surface area contributed by atoms with Crippen LogP contribution in [-0.4, -0.2) is 12.6 Å². The van der Waals surface area contributed by atoms with E-state index in [-0.39, 0.29) is 24.8 Å². The molecular weight excluding hydrogens is 135 g/mol. The molecule has 0 spiro atoms. The van der Waals surface area contributed by atoms with Crippen LogP contribution in [0.15, 0.2) is 11.6 Å². The van der Waals surface area contributed by atoms with Gasteiger partial charge < -0.3 is 4.74 Å². The van der Waals surface area contributed by atoms with Gasteiger partial charge in [0.25, 0.3) is 0 Å². The molecule has 2 nitrogen and oxygen atoms in total. The van der Waals surface area contributed by atoms with Gasteiger partial charge in [-0.15, -0.1) is 20.3 Å². The second kappa shape index (κ2) is 7.78. The summed E-state index contributed by atoms with van der Waals surface area (Å²) in [6.07, 6.45) is 3.16. The number of ether oxygens (including phenoxy) is 1. The van der Waals surface area contributed by atoms with Crippen LogP contribution < -0.4 is 18.9 Å². The molecule has 0 fully saturated rings. The van der Waals surface area contributed by atoms with Gasteiger partial charge in [0, 0.05) is 0 Å². The van der Waals surface area contributed by atoms with Crippen molar-refractivity contribution >= 4 is 5.97 Å². The SMILES string of the molecule is CCOC(=O)[CH-]C=C(C)C.[Li+]. The largest absolute Gasteiger partial charge is 1.00 e. The third-order valence-corrected chi connectivity index (χ3v) is 0.839. The van der Waals surface area contributed by atoms with Gasteiger partial charge in [0.15, 0.2) is 0 Å². The molecule has 0 amide bonds. The summed E-state index contributed by atoms with van der Waals surface area (Å²) < 4.78 is 4.65. The average molecular weight is 148 g/mol. The molecule has 0 aromatic carbocycles. The third-order valence-electron chi connectivity index (χ3n) is 0.839. The van der Waals surface area contributed by atoms with Crippen molar-refractivity contribution < 1.29 is 28.4 Å². The molecule has 0 saturated heterocycles. The molecule has 0 bridgehead atoms. The summed E-state index contributed by atoms with van der Waals surface area (Å²) in [6.45, 7) is 6.08. The Labute approximate surface area is 80.2 Å². The van der Waals surface area contributed by atoms with Crippen LogP contribution in [0.25, 0.3) is 0 Å². The Hall–Kier alpha value is -0.323. The quantitative estimate of drug-likeness (QED) is 0.283. The maximum atomic E-state index is 10.6. The molecule has 0 aliphatic carbocycles. The molecule has 0 aliphatic heterocycles. The van der Waals surface area contributed by atoms with E-state index in [0.29, 0.717) is 6.61 Å². The monoisotopic (exact) mass is 148 g/mol. The number of rotatable bonds is 3. The van der Waals surface area contributed by atoms with E-state index in [9.17, 15) is 4.79 Å². The summed E-state index contributed by atoms with van der Waals surface area (Å²) in [5.41, 5.74) is 1.09. The molecule has 0 atom stereocenters. The number of carbonyl (C=O) groups is 1. The van der Waals surface area contributed by atoms with Gasteiger partial charge in [0.05, 0.1) is 6.61 Å². The number of esters is 1. The van der Waals surface area contributed by atoms with E-state index in [1.807, 2.05) is 13.8 Å². The van der Waals surface area contributed by atoms with Crippen molar-refractivity contribution in [3.63, 3.8) is 0 Å². The van der Waals surface area contributed by atoms with Crippen LogP contribution in [0.2, 0.25) is 0 Å². The Balaban J connectivity index is 0. The first-order valence-electron chi connectivity index (χ1n) is 3.31. The minimum atomic E-state index is -0.274. The molecule has 0 saturated carbocycles. The van der Waals surface area contributed by atoms with Gasteiger partial charge in [-0.2, -0.15) is 0 Å². The second-order valence-corrected chi connectivity index (χ2v) is 2.16. The molecule has 0 aromatic heterocycles. The molecule has 58 valence electrons. The molecule has 0 aromatic rings. The second-order valence-electron chi connectivity index (χ2n) is 2.16. The predicted octanol–water partition coefficient (Wildman–Crippen LogP) is -1.28. The normalized spacial score (nSPS) is 7.55. The summed E-state index contributed by atoms with van der Waals surface area (Å²) >= 11 is 0. The molecule has 11 heavy (non-hydrogen) atoms. The van der Waals surface area contributed by atoms with Crippen molar-refractivity contribution in [2.24, 2.45) is 0 Å². The van der Waals surface area contributed by atoms with Gasteiger partial charge in [-0.3, -0.25) is 4.79 Å². The Kier molecular flexibility index (Phi) is 9.39. The zero-order chi connectivity index (χ0) is 7.98. The van der Waals surface area contributed by atoms with Crippen molar-refractivity contribution in [2.45, 2.75) is 20.8 Å². The molecule has 0 rings (SSSR count). The Morgan fingerprint density at radius 3 is 2.45 bits per heavy atom. The van der Waals surface area contributed by atoms with E-state index in [2.05, 4.69) is 4.74 Å². The summed E-state index contributed by atoms with van der Waals surface area (Å²) in [4.78, 5) is 10.6. The van der Waals surface area contributed by atoms with Crippen LogP contribution in [0, 0.1) is 6.42 Å². The summed E-state index contributed by atoms with van der Waals surface area (Å²) in [6, 6.07) is 0. The Morgan fingerprint density at radius 1 is 1.55 bits per heavy atom. The van der Waals surface area contributed by atoms with Crippen LogP contribution in [0.3, 0.4) is 0 Å². The van der Waals surface area contributed by atoms with Crippen molar-refractivity contribution in [3.05, 3.63) is 18.1 Å². The van der Waals surface area contributed by atoms with E-state index in [0.717, 1.165) is 5.57 Å².